The van der Waals surface area contributed by atoms with E-state index in [-0.39, 0.29) is 95.5 Å². The molecule has 0 aliphatic carbocycles. The summed E-state index contributed by atoms with van der Waals surface area (Å²) in [4.78, 5) is 72.1. The number of pyridine rings is 5. The fourth-order valence-corrected chi connectivity index (χ4v) is 5.90. The maximum atomic E-state index is 10.6. The molecule has 0 aliphatic heterocycles. The van der Waals surface area contributed by atoms with Crippen molar-refractivity contribution >= 4 is 84.4 Å². The van der Waals surface area contributed by atoms with E-state index in [9.17, 15) is 44.4 Å². The van der Waals surface area contributed by atoms with E-state index in [0.29, 0.717) is 27.6 Å². The van der Waals surface area contributed by atoms with Gasteiger partial charge in [0.2, 0.25) is 0 Å². The van der Waals surface area contributed by atoms with Crippen molar-refractivity contribution in [1.82, 2.24) is 24.9 Å². The Labute approximate surface area is 434 Å². The molecule has 0 spiro atoms. The predicted octanol–water partition coefficient (Wildman–Crippen LogP) is -1.02. The number of fused-ring (bicyclic) bond motifs is 5. The van der Waals surface area contributed by atoms with Gasteiger partial charge in [-0.25, -0.2) is 29.7 Å². The van der Waals surface area contributed by atoms with Crippen LogP contribution in [0.2, 0.25) is 0 Å². The largest absolute Gasteiger partial charge is 2.00 e. The van der Waals surface area contributed by atoms with Gasteiger partial charge in [-0.2, -0.15) is 0 Å². The first-order valence-corrected chi connectivity index (χ1v) is 19.2. The molecule has 0 saturated heterocycles. The van der Waals surface area contributed by atoms with Gasteiger partial charge in [-0.1, -0.05) is 121 Å². The normalized spacial score (nSPS) is 9.04. The second kappa shape index (κ2) is 33.0. The van der Waals surface area contributed by atoms with Crippen LogP contribution in [0.25, 0.3) is 54.5 Å². The fourth-order valence-electron chi connectivity index (χ4n) is 5.90. The Balaban J connectivity index is -0.000000817. The van der Waals surface area contributed by atoms with Crippen molar-refractivity contribution in [1.29, 1.82) is 0 Å². The summed E-state index contributed by atoms with van der Waals surface area (Å²) >= 11 is 0. The van der Waals surface area contributed by atoms with Crippen LogP contribution < -0.4 is 20.4 Å². The SMILES string of the molecule is O.O.O=C(O)c1ccc2ccccc2n1.O=C([O-])c1ccc2ccccc2n1.O=C([O-])c1ccc2ccccc2n1.O=C([O-])c1ccc2ccccc2n1.O=C([O-])c1ccc2ccccc2n1.[Fe+2].[Fe+2].[OH3+].[OH3+].[OH3+].[OH3+]. The molecular weight excluding hydrogens is 1040 g/mol. The van der Waals surface area contributed by atoms with Gasteiger partial charge >= 0.3 is 40.1 Å². The number of hydrogen-bond acceptors (Lipinski definition) is 14. The fraction of sp³-hybridized carbons (Fsp3) is 0. The molecule has 0 saturated carbocycles. The Bertz CT molecular complexity index is 2870. The molecule has 0 aliphatic rings. The molecule has 5 heterocycles. The van der Waals surface area contributed by atoms with Crippen LogP contribution in [0.15, 0.2) is 182 Å². The second-order valence-corrected chi connectivity index (χ2v) is 13.4. The molecule has 0 amide bonds. The molecule has 10 aromatic rings. The molecule has 21 nitrogen and oxygen atoms in total. The third kappa shape index (κ3) is 19.2. The van der Waals surface area contributed by atoms with Gasteiger partial charge in [0.05, 0.1) is 74.2 Å². The van der Waals surface area contributed by atoms with E-state index in [0.717, 1.165) is 26.9 Å². The minimum atomic E-state index is -1.24. The monoisotopic (exact) mass is 1090 g/mol. The van der Waals surface area contributed by atoms with Crippen molar-refractivity contribution in [3.8, 4) is 0 Å². The molecule has 5 aromatic carbocycles. The molecule has 0 unspecified atom stereocenters. The summed E-state index contributed by atoms with van der Waals surface area (Å²) in [5, 5.41) is 55.2. The van der Waals surface area contributed by atoms with Crippen molar-refractivity contribution in [2.75, 3.05) is 0 Å². The molecule has 5 aromatic heterocycles. The van der Waals surface area contributed by atoms with Crippen LogP contribution >= 0.6 is 0 Å². The minimum absolute atomic E-state index is 0. The number of rotatable bonds is 5. The first-order valence-electron chi connectivity index (χ1n) is 19.2. The molecule has 0 radical (unpaired) electrons. The quantitative estimate of drug-likeness (QED) is 0.159. The minimum Gasteiger partial charge on any atom is -0.543 e. The van der Waals surface area contributed by atoms with Crippen LogP contribution in [-0.2, 0) is 56.0 Å². The third-order valence-corrected chi connectivity index (χ3v) is 9.05. The van der Waals surface area contributed by atoms with Crippen molar-refractivity contribution < 1.29 is 116 Å². The molecule has 380 valence electrons. The molecule has 73 heavy (non-hydrogen) atoms. The van der Waals surface area contributed by atoms with Gasteiger partial charge in [0.25, 0.3) is 0 Å². The Morgan fingerprint density at radius 1 is 0.288 bits per heavy atom. The summed E-state index contributed by atoms with van der Waals surface area (Å²) in [6, 6.07) is 52.6. The Kier molecular flexibility index (Phi) is 31.0. The third-order valence-electron chi connectivity index (χ3n) is 9.05. The van der Waals surface area contributed by atoms with Crippen LogP contribution in [0.3, 0.4) is 0 Å². The maximum Gasteiger partial charge on any atom is 2.00 e. The topological polar surface area (TPSA) is 457 Å². The first kappa shape index (κ1) is 68.6. The molecular formula is C50H47Fe2N5O16+4. The molecule has 10 rings (SSSR count). The van der Waals surface area contributed by atoms with E-state index in [4.69, 9.17) is 5.11 Å². The summed E-state index contributed by atoms with van der Waals surface area (Å²) in [5.41, 5.74) is 3.36. The van der Waals surface area contributed by atoms with Crippen LogP contribution in [0.4, 0.5) is 0 Å². The number of benzene rings is 5. The number of nitrogens with zero attached hydrogens (tertiary/aromatic N) is 5. The molecule has 23 heteroatoms. The van der Waals surface area contributed by atoms with Gasteiger partial charge in [0.15, 0.2) is 0 Å². The zero-order chi connectivity index (χ0) is 46.3. The number of carboxylic acid groups (broad SMARTS) is 5. The molecule has 0 fully saturated rings. The Hall–Kier alpha value is -8.70. The average molecular weight is 1090 g/mol. The van der Waals surface area contributed by atoms with Crippen molar-refractivity contribution in [2.45, 2.75) is 0 Å². The average Bonchev–Trinajstić information content (AvgIpc) is 3.34. The summed E-state index contributed by atoms with van der Waals surface area (Å²) in [6.45, 7) is 0. The zero-order valence-corrected chi connectivity index (χ0v) is 39.9. The predicted molar refractivity (Wildman–Crippen MR) is 260 cm³/mol. The van der Waals surface area contributed by atoms with Crippen LogP contribution in [0.1, 0.15) is 52.4 Å². The summed E-state index contributed by atoms with van der Waals surface area (Å²) < 4.78 is 0. The van der Waals surface area contributed by atoms with Gasteiger partial charge in [-0.05, 0) is 60.7 Å². The smallest absolute Gasteiger partial charge is 0.543 e. The van der Waals surface area contributed by atoms with Crippen molar-refractivity contribution in [3.05, 3.63) is 210 Å². The summed E-state index contributed by atoms with van der Waals surface area (Å²) in [6.07, 6.45) is 0. The van der Waals surface area contributed by atoms with Crippen molar-refractivity contribution in [2.24, 2.45) is 0 Å². The number of hydrogen-bond donors (Lipinski definition) is 1. The van der Waals surface area contributed by atoms with Crippen LogP contribution in [0.5, 0.6) is 0 Å². The molecule has 0 atom stereocenters. The van der Waals surface area contributed by atoms with Gasteiger partial charge in [0.1, 0.15) is 5.69 Å². The molecule has 17 N–H and O–H groups in total. The maximum absolute atomic E-state index is 10.6. The van der Waals surface area contributed by atoms with E-state index >= 15 is 0 Å². The van der Waals surface area contributed by atoms with Gasteiger partial charge in [-0.15, -0.1) is 0 Å². The Morgan fingerprint density at radius 3 is 0.630 bits per heavy atom. The van der Waals surface area contributed by atoms with Crippen LogP contribution in [-0.4, -0.2) is 70.8 Å². The number of carboxylic acids is 5. The number of aromatic carboxylic acids is 5. The van der Waals surface area contributed by atoms with E-state index < -0.39 is 29.8 Å². The van der Waals surface area contributed by atoms with E-state index in [1.54, 1.807) is 60.7 Å². The Morgan fingerprint density at radius 2 is 0.452 bits per heavy atom. The molecule has 0 bridgehead atoms. The van der Waals surface area contributed by atoms with E-state index in [1.807, 2.05) is 91.0 Å². The summed E-state index contributed by atoms with van der Waals surface area (Å²) in [5.74, 6) is -5.97. The van der Waals surface area contributed by atoms with Crippen molar-refractivity contribution in [3.63, 3.8) is 0 Å². The van der Waals surface area contributed by atoms with Gasteiger partial charge in [-0.3, -0.25) is 0 Å². The summed E-state index contributed by atoms with van der Waals surface area (Å²) in [7, 11) is 0. The number of aromatic nitrogens is 5. The first-order chi connectivity index (χ1) is 31.4. The number of carbonyl (C=O) groups is 5. The van der Waals surface area contributed by atoms with E-state index in [1.165, 1.54) is 30.3 Å². The second-order valence-electron chi connectivity index (χ2n) is 13.4. The standard InChI is InChI=1S/5C10H7NO2.2Fe.6H2O/c5*12-10(13)9-6-5-7-3-1-2-4-8(7)11-9;;;;;;;;/h5*1-6H,(H,12,13);;;6*1H2/q;;;;;2*+2;;;;;;. The van der Waals surface area contributed by atoms with E-state index in [2.05, 4.69) is 24.9 Å². The number of para-hydroxylation sites is 5. The van der Waals surface area contributed by atoms with Crippen LogP contribution in [0, 0.1) is 0 Å². The van der Waals surface area contributed by atoms with Gasteiger partial charge < -0.3 is 77.6 Å². The van der Waals surface area contributed by atoms with Gasteiger partial charge in [0, 0.05) is 26.9 Å². The number of carbonyl (C=O) groups excluding carboxylic acids is 4. The zero-order valence-electron chi connectivity index (χ0n) is 37.7.